The SMILES string of the molecule is CC(CO[Si](C)(C)C(C)(C)C)(CO[Si](C)(C)C(C)(C)C)n1ccc2c(Cl)ncnc21. The molecule has 8 heteroatoms. The molecule has 0 aliphatic heterocycles. The zero-order valence-electron chi connectivity index (χ0n) is 20.7. The van der Waals surface area contributed by atoms with E-state index in [-0.39, 0.29) is 10.1 Å². The predicted molar refractivity (Wildman–Crippen MR) is 132 cm³/mol. The average molecular weight is 470 g/mol. The van der Waals surface area contributed by atoms with Crippen LogP contribution in [-0.4, -0.2) is 44.4 Å². The Labute approximate surface area is 189 Å². The molecule has 0 spiro atoms. The van der Waals surface area contributed by atoms with E-state index in [0.717, 1.165) is 11.0 Å². The lowest BCUT2D eigenvalue weighted by atomic mass is 10.1. The van der Waals surface area contributed by atoms with Crippen molar-refractivity contribution in [1.29, 1.82) is 0 Å². The van der Waals surface area contributed by atoms with Crippen LogP contribution in [0.3, 0.4) is 0 Å². The number of hydrogen-bond acceptors (Lipinski definition) is 4. The number of halogens is 1. The van der Waals surface area contributed by atoms with Crippen LogP contribution in [0.15, 0.2) is 18.6 Å². The largest absolute Gasteiger partial charge is 0.414 e. The molecule has 0 amide bonds. The molecule has 0 fully saturated rings. The van der Waals surface area contributed by atoms with Crippen LogP contribution in [0.5, 0.6) is 0 Å². The Kier molecular flexibility index (Phi) is 7.07. The molecule has 2 rings (SSSR count). The molecule has 0 unspecified atom stereocenters. The first-order chi connectivity index (χ1) is 13.4. The van der Waals surface area contributed by atoms with Crippen LogP contribution in [0.25, 0.3) is 11.0 Å². The molecule has 0 atom stereocenters. The van der Waals surface area contributed by atoms with Crippen LogP contribution in [0, 0.1) is 0 Å². The third-order valence-corrected chi connectivity index (χ3v) is 16.4. The number of nitrogens with zero attached hydrogens (tertiary/aromatic N) is 3. The Morgan fingerprint density at radius 2 is 1.33 bits per heavy atom. The van der Waals surface area contributed by atoms with E-state index in [1.807, 2.05) is 12.3 Å². The van der Waals surface area contributed by atoms with Crippen molar-refractivity contribution >= 4 is 39.3 Å². The van der Waals surface area contributed by atoms with Gasteiger partial charge in [-0.1, -0.05) is 53.1 Å². The minimum absolute atomic E-state index is 0.137. The van der Waals surface area contributed by atoms with Gasteiger partial charge < -0.3 is 13.4 Å². The fourth-order valence-corrected chi connectivity index (χ4v) is 5.04. The molecule has 0 bridgehead atoms. The number of fused-ring (bicyclic) bond motifs is 1. The van der Waals surface area contributed by atoms with Gasteiger partial charge in [0.1, 0.15) is 17.1 Å². The monoisotopic (exact) mass is 469 g/mol. The van der Waals surface area contributed by atoms with Crippen molar-refractivity contribution in [3.05, 3.63) is 23.7 Å². The van der Waals surface area contributed by atoms with Crippen LogP contribution >= 0.6 is 11.6 Å². The van der Waals surface area contributed by atoms with Gasteiger partial charge >= 0.3 is 0 Å². The Hall–Kier alpha value is -0.736. The van der Waals surface area contributed by atoms with Crippen LogP contribution < -0.4 is 0 Å². The average Bonchev–Trinajstić information content (AvgIpc) is 3.03. The number of aromatic nitrogens is 3. The standard InChI is InChI=1S/C22H40ClN3O2Si2/c1-20(2,3)29(8,9)27-14-22(7,15-28-30(10,11)21(4,5)6)26-13-12-17-18(23)24-16-25-19(17)26/h12-13,16H,14-15H2,1-11H3. The molecule has 2 aromatic heterocycles. The van der Waals surface area contributed by atoms with Crippen molar-refractivity contribution in [2.75, 3.05) is 13.2 Å². The fraction of sp³-hybridized carbons (Fsp3) is 0.727. The van der Waals surface area contributed by atoms with E-state index < -0.39 is 22.2 Å². The Balaban J connectivity index is 2.45. The normalized spacial score (nSPS) is 14.5. The lowest BCUT2D eigenvalue weighted by molar-refractivity contribution is 0.0900. The molecule has 0 radical (unpaired) electrons. The van der Waals surface area contributed by atoms with Crippen molar-refractivity contribution in [2.24, 2.45) is 0 Å². The van der Waals surface area contributed by atoms with Crippen LogP contribution in [0.1, 0.15) is 48.5 Å². The highest BCUT2D eigenvalue weighted by Crippen LogP contribution is 2.40. The summed E-state index contributed by atoms with van der Waals surface area (Å²) in [5.74, 6) is 0. The molecule has 0 aliphatic rings. The lowest BCUT2D eigenvalue weighted by Gasteiger charge is -2.43. The summed E-state index contributed by atoms with van der Waals surface area (Å²) in [5, 5.41) is 1.60. The summed E-state index contributed by atoms with van der Waals surface area (Å²) in [6.07, 6.45) is 3.56. The summed E-state index contributed by atoms with van der Waals surface area (Å²) in [4.78, 5) is 8.66. The second kappa shape index (κ2) is 8.32. The summed E-state index contributed by atoms with van der Waals surface area (Å²) in [6.45, 7) is 26.0. The maximum atomic E-state index is 6.69. The van der Waals surface area contributed by atoms with Gasteiger partial charge in [0.05, 0.1) is 24.1 Å². The second-order valence-corrected chi connectivity index (χ2v) is 21.7. The molecule has 0 N–H and O–H groups in total. The molecule has 30 heavy (non-hydrogen) atoms. The molecule has 2 aromatic rings. The van der Waals surface area contributed by atoms with Gasteiger partial charge in [-0.15, -0.1) is 0 Å². The maximum Gasteiger partial charge on any atom is 0.192 e. The zero-order valence-corrected chi connectivity index (χ0v) is 23.4. The van der Waals surface area contributed by atoms with E-state index in [1.54, 1.807) is 0 Å². The Morgan fingerprint density at radius 3 is 1.77 bits per heavy atom. The molecule has 0 aliphatic carbocycles. The number of rotatable bonds is 7. The molecule has 5 nitrogen and oxygen atoms in total. The summed E-state index contributed by atoms with van der Waals surface area (Å²) < 4.78 is 15.5. The quantitative estimate of drug-likeness (QED) is 0.328. The van der Waals surface area contributed by atoms with Crippen molar-refractivity contribution in [3.8, 4) is 0 Å². The molecular formula is C22H40ClN3O2Si2. The van der Waals surface area contributed by atoms with Gasteiger partial charge in [-0.3, -0.25) is 0 Å². The maximum absolute atomic E-state index is 6.69. The van der Waals surface area contributed by atoms with E-state index in [9.17, 15) is 0 Å². The molecule has 0 saturated heterocycles. The Morgan fingerprint density at radius 1 is 0.867 bits per heavy atom. The van der Waals surface area contributed by atoms with Gasteiger partial charge in [0.15, 0.2) is 16.6 Å². The van der Waals surface area contributed by atoms with Crippen LogP contribution in [0.4, 0.5) is 0 Å². The molecular weight excluding hydrogens is 430 g/mol. The first-order valence-electron chi connectivity index (χ1n) is 10.7. The van der Waals surface area contributed by atoms with Crippen molar-refractivity contribution in [1.82, 2.24) is 14.5 Å². The minimum Gasteiger partial charge on any atom is -0.414 e. The van der Waals surface area contributed by atoms with Gasteiger partial charge in [0.2, 0.25) is 0 Å². The summed E-state index contributed by atoms with van der Waals surface area (Å²) >= 11 is 6.33. The van der Waals surface area contributed by atoms with E-state index >= 15 is 0 Å². The van der Waals surface area contributed by atoms with Crippen molar-refractivity contribution in [3.63, 3.8) is 0 Å². The van der Waals surface area contributed by atoms with E-state index in [2.05, 4.69) is 89.2 Å². The van der Waals surface area contributed by atoms with Gasteiger partial charge in [0.25, 0.3) is 0 Å². The highest BCUT2D eigenvalue weighted by Gasteiger charge is 2.43. The van der Waals surface area contributed by atoms with E-state index in [0.29, 0.717) is 18.4 Å². The van der Waals surface area contributed by atoms with Crippen molar-refractivity contribution in [2.45, 2.75) is 90.3 Å². The highest BCUT2D eigenvalue weighted by atomic mass is 35.5. The van der Waals surface area contributed by atoms with Gasteiger partial charge in [-0.2, -0.15) is 0 Å². The summed E-state index contributed by atoms with van der Waals surface area (Å²) in [7, 11) is -3.87. The topological polar surface area (TPSA) is 49.2 Å². The van der Waals surface area contributed by atoms with Gasteiger partial charge in [-0.25, -0.2) is 9.97 Å². The summed E-state index contributed by atoms with van der Waals surface area (Å²) in [6, 6.07) is 1.98. The first-order valence-corrected chi connectivity index (χ1v) is 16.9. The third kappa shape index (κ3) is 5.18. The molecule has 2 heterocycles. The van der Waals surface area contributed by atoms with Gasteiger partial charge in [0, 0.05) is 6.20 Å². The fourth-order valence-electron chi connectivity index (χ4n) is 2.64. The first kappa shape index (κ1) is 25.5. The second-order valence-electron chi connectivity index (χ2n) is 11.7. The zero-order chi connectivity index (χ0) is 23.2. The molecule has 0 aromatic carbocycles. The van der Waals surface area contributed by atoms with Crippen LogP contribution in [0.2, 0.25) is 41.4 Å². The molecule has 170 valence electrons. The van der Waals surface area contributed by atoms with Crippen molar-refractivity contribution < 1.29 is 8.85 Å². The smallest absolute Gasteiger partial charge is 0.192 e. The highest BCUT2D eigenvalue weighted by molar-refractivity contribution is 6.74. The lowest BCUT2D eigenvalue weighted by Crippen LogP contribution is -2.51. The predicted octanol–water partition coefficient (Wildman–Crippen LogP) is 6.84. The third-order valence-electron chi connectivity index (χ3n) is 7.11. The number of hydrogen-bond donors (Lipinski definition) is 0. The van der Waals surface area contributed by atoms with Crippen LogP contribution in [-0.2, 0) is 14.4 Å². The van der Waals surface area contributed by atoms with Gasteiger partial charge in [-0.05, 0) is 49.3 Å². The summed E-state index contributed by atoms with van der Waals surface area (Å²) in [5.41, 5.74) is 0.403. The molecule has 0 saturated carbocycles. The minimum atomic E-state index is -1.93. The van der Waals surface area contributed by atoms with E-state index in [1.165, 1.54) is 6.33 Å². The van der Waals surface area contributed by atoms with E-state index in [4.69, 9.17) is 20.5 Å². The Bertz CT molecular complexity index is 853.